The Hall–Kier alpha value is -5.85. The van der Waals surface area contributed by atoms with Crippen LogP contribution in [0.4, 0.5) is 26.3 Å². The average molecular weight is 1120 g/mol. The van der Waals surface area contributed by atoms with Crippen LogP contribution < -0.4 is 18.9 Å². The van der Waals surface area contributed by atoms with E-state index in [-0.39, 0.29) is 5.75 Å². The van der Waals surface area contributed by atoms with Crippen molar-refractivity contribution in [2.24, 2.45) is 0 Å². The van der Waals surface area contributed by atoms with E-state index in [1.54, 1.807) is 18.2 Å². The van der Waals surface area contributed by atoms with Gasteiger partial charge in [-0.05, 0) is 109 Å². The number of hydrogen-bond donors (Lipinski definition) is 0. The van der Waals surface area contributed by atoms with E-state index in [1.165, 1.54) is 29.8 Å². The van der Waals surface area contributed by atoms with Gasteiger partial charge in [-0.2, -0.15) is 13.2 Å². The number of benzene rings is 6. The molecule has 9 rings (SSSR count). The normalized spacial score (nSPS) is 16.2. The molecule has 6 aromatic carbocycles. The highest BCUT2D eigenvalue weighted by molar-refractivity contribution is 6.30. The number of alkyl halides is 6. The van der Waals surface area contributed by atoms with Gasteiger partial charge in [0.25, 0.3) is 0 Å². The highest BCUT2D eigenvalue weighted by Crippen LogP contribution is 2.29. The Balaban J connectivity index is 0.000000172. The lowest BCUT2D eigenvalue weighted by atomic mass is 10.1. The molecule has 3 heterocycles. The maximum Gasteiger partial charge on any atom is 0.573 e. The molecule has 0 bridgehead atoms. The van der Waals surface area contributed by atoms with Crippen LogP contribution >= 0.6 is 11.6 Å². The lowest BCUT2D eigenvalue weighted by Crippen LogP contribution is -2.47. The summed E-state index contributed by atoms with van der Waals surface area (Å²) in [6.07, 6.45) is -6.38. The monoisotopic (exact) mass is 1120 g/mol. The van der Waals surface area contributed by atoms with Gasteiger partial charge >= 0.3 is 12.5 Å². The van der Waals surface area contributed by atoms with Gasteiger partial charge in [0.1, 0.15) is 42.8 Å². The Morgan fingerprint density at radius 3 is 1.03 bits per heavy atom. The van der Waals surface area contributed by atoms with Gasteiger partial charge in [-0.15, -0.1) is 13.2 Å². The van der Waals surface area contributed by atoms with E-state index in [2.05, 4.69) is 46.3 Å². The second kappa shape index (κ2) is 32.4. The minimum Gasteiger partial charge on any atom is -0.492 e. The lowest BCUT2D eigenvalue weighted by Gasteiger charge is -2.34. The summed E-state index contributed by atoms with van der Waals surface area (Å²) >= 11 is 6.05. The van der Waals surface area contributed by atoms with Gasteiger partial charge in [-0.25, -0.2) is 0 Å². The van der Waals surface area contributed by atoms with Crippen molar-refractivity contribution in [3.8, 4) is 23.0 Å². The van der Waals surface area contributed by atoms with Gasteiger partial charge in [-0.3, -0.25) is 14.7 Å². The molecule has 0 amide bonds. The fourth-order valence-corrected chi connectivity index (χ4v) is 9.66. The largest absolute Gasteiger partial charge is 0.573 e. The van der Waals surface area contributed by atoms with Crippen molar-refractivity contribution in [1.82, 2.24) is 29.4 Å². The molecule has 0 aliphatic carbocycles. The number of hydrogen-bond acceptors (Lipinski definition) is 10. The molecule has 0 spiro atoms. The summed E-state index contributed by atoms with van der Waals surface area (Å²) in [7, 11) is 0. The van der Waals surface area contributed by atoms with Crippen molar-refractivity contribution in [1.29, 1.82) is 0 Å². The van der Waals surface area contributed by atoms with Gasteiger partial charge in [0.15, 0.2) is 0 Å². The average Bonchev–Trinajstić information content (AvgIpc) is 3.45. The van der Waals surface area contributed by atoms with Crippen LogP contribution in [0.15, 0.2) is 164 Å². The minimum atomic E-state index is -4.65. The number of para-hydroxylation sites is 3. The van der Waals surface area contributed by atoms with Gasteiger partial charge < -0.3 is 33.6 Å². The summed E-state index contributed by atoms with van der Waals surface area (Å²) in [5.41, 5.74) is 2.53. The molecule has 0 radical (unpaired) electrons. The molecular weight excluding hydrogens is 1040 g/mol. The molecule has 0 N–H and O–H groups in total. The minimum absolute atomic E-state index is 0.159. The summed E-state index contributed by atoms with van der Waals surface area (Å²) in [6, 6.07) is 49.5. The van der Waals surface area contributed by atoms with Crippen LogP contribution in [0.25, 0.3) is 0 Å². The third-order valence-electron chi connectivity index (χ3n) is 14.1. The summed E-state index contributed by atoms with van der Waals surface area (Å²) in [6.45, 7) is 20.0. The first-order chi connectivity index (χ1) is 38.3. The van der Waals surface area contributed by atoms with Gasteiger partial charge in [-0.1, -0.05) is 103 Å². The second-order valence-corrected chi connectivity index (χ2v) is 20.2. The van der Waals surface area contributed by atoms with Crippen LogP contribution in [0.2, 0.25) is 5.02 Å². The first-order valence-electron chi connectivity index (χ1n) is 27.4. The molecule has 0 atom stereocenters. The number of ether oxygens (including phenoxy) is 4. The highest BCUT2D eigenvalue weighted by Gasteiger charge is 2.31. The fraction of sp³-hybridized carbons (Fsp3) is 0.419. The molecule has 0 unspecified atom stereocenters. The van der Waals surface area contributed by atoms with Crippen molar-refractivity contribution in [2.45, 2.75) is 31.8 Å². The molecule has 3 aliphatic rings. The predicted molar refractivity (Wildman–Crippen MR) is 302 cm³/mol. The van der Waals surface area contributed by atoms with Crippen molar-refractivity contribution >= 4 is 11.6 Å². The van der Waals surface area contributed by atoms with E-state index in [0.717, 1.165) is 171 Å². The Labute approximate surface area is 468 Å². The van der Waals surface area contributed by atoms with Crippen LogP contribution in [-0.2, 0) is 25.4 Å². The smallest absolute Gasteiger partial charge is 0.492 e. The second-order valence-electron chi connectivity index (χ2n) is 19.8. The first-order valence-corrected chi connectivity index (χ1v) is 27.8. The van der Waals surface area contributed by atoms with E-state index < -0.39 is 18.1 Å². The van der Waals surface area contributed by atoms with E-state index >= 15 is 0 Å². The SMILES string of the molecule is Clc1cccc(CCN2CCN(CCOc3ccccc3)CC2)c1.FC(F)(F)Oc1cccc(CCN2CCN(CCOc3ccccc3)CC2)c1.FC(F)(F)c1ccc(CCN2CCN(CCOc3ccccc3)CC2)cc1. The maximum atomic E-state index is 12.6. The van der Waals surface area contributed by atoms with E-state index in [9.17, 15) is 26.3 Å². The quantitative estimate of drug-likeness (QED) is 0.0615. The number of piperazine rings is 3. The summed E-state index contributed by atoms with van der Waals surface area (Å²) in [5, 5.41) is 0.829. The molecular formula is C62H75ClF6N6O4. The summed E-state index contributed by atoms with van der Waals surface area (Å²) in [5.74, 6) is 2.58. The third kappa shape index (κ3) is 23.8. The molecule has 426 valence electrons. The molecule has 17 heteroatoms. The number of rotatable bonds is 22. The molecule has 79 heavy (non-hydrogen) atoms. The zero-order chi connectivity index (χ0) is 55.6. The van der Waals surface area contributed by atoms with E-state index in [1.807, 2.05) is 109 Å². The molecule has 10 nitrogen and oxygen atoms in total. The van der Waals surface area contributed by atoms with Crippen LogP contribution in [0.1, 0.15) is 22.3 Å². The Kier molecular flexibility index (Phi) is 24.9. The lowest BCUT2D eigenvalue weighted by molar-refractivity contribution is -0.274. The van der Waals surface area contributed by atoms with E-state index in [0.29, 0.717) is 19.6 Å². The molecule has 0 saturated carbocycles. The fourth-order valence-electron chi connectivity index (χ4n) is 9.45. The molecule has 0 aromatic heterocycles. The van der Waals surface area contributed by atoms with Crippen LogP contribution in [0.5, 0.6) is 23.0 Å². The Bertz CT molecular complexity index is 2580. The highest BCUT2D eigenvalue weighted by atomic mass is 35.5. The summed E-state index contributed by atoms with van der Waals surface area (Å²) < 4.78 is 96.0. The molecule has 3 saturated heterocycles. The van der Waals surface area contributed by atoms with Gasteiger partial charge in [0.05, 0.1) is 5.56 Å². The van der Waals surface area contributed by atoms with Gasteiger partial charge in [0.2, 0.25) is 0 Å². The zero-order valence-corrected chi connectivity index (χ0v) is 45.8. The van der Waals surface area contributed by atoms with E-state index in [4.69, 9.17) is 25.8 Å². The predicted octanol–water partition coefficient (Wildman–Crippen LogP) is 11.3. The van der Waals surface area contributed by atoms with Crippen molar-refractivity contribution in [2.75, 3.05) is 138 Å². The van der Waals surface area contributed by atoms with Crippen LogP contribution in [-0.4, -0.2) is 173 Å². The molecule has 3 aliphatic heterocycles. The molecule has 3 fully saturated rings. The third-order valence-corrected chi connectivity index (χ3v) is 14.3. The Morgan fingerprint density at radius 1 is 0.342 bits per heavy atom. The Morgan fingerprint density at radius 2 is 0.671 bits per heavy atom. The van der Waals surface area contributed by atoms with Crippen LogP contribution in [0.3, 0.4) is 0 Å². The summed E-state index contributed by atoms with van der Waals surface area (Å²) in [4.78, 5) is 14.5. The molecule has 6 aromatic rings. The number of nitrogens with zero attached hydrogens (tertiary/aromatic N) is 6. The van der Waals surface area contributed by atoms with Crippen molar-refractivity contribution < 1.29 is 45.3 Å². The standard InChI is InChI=1S/C21H25F3N2O2.C21H25F3N2O.C20H25ClN2O/c22-21(23,24)28-20-8-4-5-18(17-20)9-10-25-11-13-26(14-12-25)15-16-27-19-6-2-1-3-7-19;22-21(23,24)19-8-6-18(7-9-19)10-11-25-12-14-26(15-13-25)16-17-27-20-4-2-1-3-5-20;21-19-6-4-5-18(17-19)9-10-22-11-13-23(14-12-22)15-16-24-20-7-2-1-3-8-20/h1-8,17H,9-16H2;1-9H,10-17H2;1-8,17H,9-16H2. The first kappa shape index (κ1) is 60.8. The van der Waals surface area contributed by atoms with Crippen molar-refractivity contribution in [3.05, 3.63) is 191 Å². The van der Waals surface area contributed by atoms with Crippen molar-refractivity contribution in [3.63, 3.8) is 0 Å². The maximum absolute atomic E-state index is 12.6. The van der Waals surface area contributed by atoms with Crippen LogP contribution in [0, 0.1) is 0 Å². The number of halogens is 7. The van der Waals surface area contributed by atoms with Gasteiger partial charge in [0, 0.05) is 123 Å². The topological polar surface area (TPSA) is 56.4 Å². The zero-order valence-electron chi connectivity index (χ0n) is 45.0.